The molecule has 4 aliphatic rings. The molecule has 6 unspecified atom stereocenters. The SMILES string of the molecule is CC(C)(COC1CCC(OC(=O)C2CC(O)CCC2C(=O)O)CC1)COC1CCC(OC(=O)C2CC([N+](=O)[O-])CCC2C(=O)O)CC1. The molecule has 47 heavy (non-hydrogen) atoms. The summed E-state index contributed by atoms with van der Waals surface area (Å²) in [5.41, 5.74) is -0.263. The van der Waals surface area contributed by atoms with E-state index in [0.717, 1.165) is 0 Å². The van der Waals surface area contributed by atoms with Crippen LogP contribution in [0.3, 0.4) is 0 Å². The van der Waals surface area contributed by atoms with Crippen LogP contribution in [0.5, 0.6) is 0 Å². The number of carbonyl (C=O) groups is 4. The molecule has 4 fully saturated rings. The number of esters is 2. The number of aliphatic carboxylic acids is 2. The van der Waals surface area contributed by atoms with Gasteiger partial charge in [-0.05, 0) is 77.0 Å². The molecule has 4 aliphatic carbocycles. The molecule has 0 amide bonds. The molecule has 14 nitrogen and oxygen atoms in total. The first-order chi connectivity index (χ1) is 22.2. The number of carboxylic acid groups (broad SMARTS) is 2. The zero-order chi connectivity index (χ0) is 34.3. The van der Waals surface area contributed by atoms with E-state index in [0.29, 0.717) is 71.0 Å². The highest BCUT2D eigenvalue weighted by Crippen LogP contribution is 2.36. The molecular weight excluding hydrogens is 618 g/mol. The van der Waals surface area contributed by atoms with E-state index in [1.54, 1.807) is 0 Å². The second-order valence-corrected chi connectivity index (χ2v) is 14.8. The Kier molecular flexibility index (Phi) is 13.0. The number of carbonyl (C=O) groups excluding carboxylic acids is 2. The summed E-state index contributed by atoms with van der Waals surface area (Å²) in [4.78, 5) is 59.7. The molecule has 0 aliphatic heterocycles. The maximum absolute atomic E-state index is 12.9. The lowest BCUT2D eigenvalue weighted by atomic mass is 9.77. The highest BCUT2D eigenvalue weighted by atomic mass is 16.6. The Balaban J connectivity index is 1.12. The van der Waals surface area contributed by atoms with E-state index >= 15 is 0 Å². The molecule has 0 heterocycles. The van der Waals surface area contributed by atoms with E-state index in [-0.39, 0.29) is 61.9 Å². The Morgan fingerprint density at radius 2 is 1.04 bits per heavy atom. The molecule has 0 saturated heterocycles. The number of aliphatic hydroxyl groups excluding tert-OH is 1. The van der Waals surface area contributed by atoms with Crippen molar-refractivity contribution in [2.24, 2.45) is 29.1 Å². The summed E-state index contributed by atoms with van der Waals surface area (Å²) in [6, 6.07) is -0.933. The average Bonchev–Trinajstić information content (AvgIpc) is 3.03. The summed E-state index contributed by atoms with van der Waals surface area (Å²) in [6.45, 7) is 5.07. The lowest BCUT2D eigenvalue weighted by Crippen LogP contribution is -2.42. The van der Waals surface area contributed by atoms with E-state index in [2.05, 4.69) is 13.8 Å². The van der Waals surface area contributed by atoms with Crippen molar-refractivity contribution in [3.63, 3.8) is 0 Å². The van der Waals surface area contributed by atoms with Crippen molar-refractivity contribution in [2.45, 2.75) is 140 Å². The largest absolute Gasteiger partial charge is 0.481 e. The van der Waals surface area contributed by atoms with Crippen molar-refractivity contribution >= 4 is 23.9 Å². The van der Waals surface area contributed by atoms with Gasteiger partial charge in [-0.3, -0.25) is 29.3 Å². The van der Waals surface area contributed by atoms with Crippen molar-refractivity contribution in [1.82, 2.24) is 0 Å². The van der Waals surface area contributed by atoms with Gasteiger partial charge in [0.1, 0.15) is 12.2 Å². The number of nitro groups is 1. The van der Waals surface area contributed by atoms with Crippen LogP contribution in [0.25, 0.3) is 0 Å². The molecular formula is C33H51NO13. The van der Waals surface area contributed by atoms with Gasteiger partial charge in [-0.1, -0.05) is 13.8 Å². The van der Waals surface area contributed by atoms with Crippen LogP contribution in [0.15, 0.2) is 0 Å². The van der Waals surface area contributed by atoms with Crippen molar-refractivity contribution in [2.75, 3.05) is 13.2 Å². The van der Waals surface area contributed by atoms with Crippen LogP contribution in [-0.4, -0.2) is 93.9 Å². The van der Waals surface area contributed by atoms with Gasteiger partial charge in [-0.25, -0.2) is 0 Å². The fourth-order valence-corrected chi connectivity index (χ4v) is 7.47. The molecule has 0 spiro atoms. The number of rotatable bonds is 13. The quantitative estimate of drug-likeness (QED) is 0.145. The lowest BCUT2D eigenvalue weighted by molar-refractivity contribution is -0.528. The fraction of sp³-hybridized carbons (Fsp3) is 0.879. The summed E-state index contributed by atoms with van der Waals surface area (Å²) in [7, 11) is 0. The van der Waals surface area contributed by atoms with Gasteiger partial charge in [0, 0.05) is 23.2 Å². The number of aliphatic hydroxyl groups is 1. The molecule has 0 aromatic heterocycles. The van der Waals surface area contributed by atoms with Crippen molar-refractivity contribution in [3.05, 3.63) is 10.1 Å². The van der Waals surface area contributed by atoms with Crippen LogP contribution in [0.4, 0.5) is 0 Å². The van der Waals surface area contributed by atoms with Crippen LogP contribution >= 0.6 is 0 Å². The summed E-state index contributed by atoms with van der Waals surface area (Å²) in [5.74, 6) is -6.97. The second kappa shape index (κ2) is 16.5. The number of nitrogens with zero attached hydrogens (tertiary/aromatic N) is 1. The molecule has 0 aromatic carbocycles. The molecule has 266 valence electrons. The molecule has 0 aromatic rings. The molecule has 0 bridgehead atoms. The number of hydrogen-bond donors (Lipinski definition) is 3. The van der Waals surface area contributed by atoms with Gasteiger partial charge in [-0.2, -0.15) is 0 Å². The zero-order valence-corrected chi connectivity index (χ0v) is 27.5. The minimum Gasteiger partial charge on any atom is -0.481 e. The first-order valence-electron chi connectivity index (χ1n) is 17.1. The van der Waals surface area contributed by atoms with Gasteiger partial charge < -0.3 is 34.3 Å². The topological polar surface area (TPSA) is 209 Å². The highest BCUT2D eigenvalue weighted by molar-refractivity contribution is 5.82. The van der Waals surface area contributed by atoms with Crippen LogP contribution in [0.2, 0.25) is 0 Å². The van der Waals surface area contributed by atoms with Gasteiger partial charge in [0.15, 0.2) is 0 Å². The van der Waals surface area contributed by atoms with Gasteiger partial charge in [0.05, 0.1) is 55.2 Å². The van der Waals surface area contributed by atoms with Gasteiger partial charge >= 0.3 is 23.9 Å². The Bertz CT molecular complexity index is 1110. The summed E-state index contributed by atoms with van der Waals surface area (Å²) < 4.78 is 23.8. The number of carboxylic acids is 2. The van der Waals surface area contributed by atoms with Crippen molar-refractivity contribution < 1.29 is 58.4 Å². The third-order valence-corrected chi connectivity index (χ3v) is 10.4. The second-order valence-electron chi connectivity index (χ2n) is 14.8. The number of ether oxygens (including phenoxy) is 4. The average molecular weight is 670 g/mol. The normalized spacial score (nSPS) is 35.0. The summed E-state index contributed by atoms with van der Waals surface area (Å²) in [6.07, 6.45) is 4.70. The van der Waals surface area contributed by atoms with E-state index in [9.17, 15) is 44.6 Å². The maximum atomic E-state index is 12.9. The Labute approximate surface area is 275 Å². The predicted octanol–water partition coefficient (Wildman–Crippen LogP) is 3.76. The highest BCUT2D eigenvalue weighted by Gasteiger charge is 2.45. The molecule has 0 radical (unpaired) electrons. The smallest absolute Gasteiger partial charge is 0.310 e. The van der Waals surface area contributed by atoms with Crippen molar-refractivity contribution in [1.29, 1.82) is 0 Å². The van der Waals surface area contributed by atoms with Crippen LogP contribution in [0, 0.1) is 39.2 Å². The van der Waals surface area contributed by atoms with Gasteiger partial charge in [0.2, 0.25) is 6.04 Å². The monoisotopic (exact) mass is 669 g/mol. The van der Waals surface area contributed by atoms with Gasteiger partial charge in [0.25, 0.3) is 0 Å². The Morgan fingerprint density at radius 1 is 0.638 bits per heavy atom. The van der Waals surface area contributed by atoms with E-state index < -0.39 is 64.6 Å². The van der Waals surface area contributed by atoms with Crippen LogP contribution in [0.1, 0.15) is 104 Å². The van der Waals surface area contributed by atoms with E-state index in [1.165, 1.54) is 0 Å². The Hall–Kier alpha value is -2.84. The first kappa shape index (κ1) is 37.0. The minimum absolute atomic E-state index is 0.0133. The molecule has 6 atom stereocenters. The zero-order valence-electron chi connectivity index (χ0n) is 27.5. The van der Waals surface area contributed by atoms with E-state index in [4.69, 9.17) is 18.9 Å². The number of hydrogen-bond acceptors (Lipinski definition) is 11. The lowest BCUT2D eigenvalue weighted by Gasteiger charge is -2.35. The van der Waals surface area contributed by atoms with Crippen LogP contribution in [-0.2, 0) is 38.1 Å². The van der Waals surface area contributed by atoms with Gasteiger partial charge in [-0.15, -0.1) is 0 Å². The molecule has 14 heteroatoms. The standard InChI is InChI=1S/C33H51NO13/c1-33(2,18-45-22-7-11-24(12-8-22)47-32(41)28-16-20(35)4-14-26(28)30(38)39)17-44-21-5-9-23(10-6-21)46-31(40)27-15-19(34(42)43)3-13-25(27)29(36)37/h19-28,35H,3-18H2,1-2H3,(H,36,37)(H,38,39). The predicted molar refractivity (Wildman–Crippen MR) is 164 cm³/mol. The minimum atomic E-state index is -1.13. The Morgan fingerprint density at radius 3 is 1.47 bits per heavy atom. The third kappa shape index (κ3) is 10.6. The summed E-state index contributed by atoms with van der Waals surface area (Å²) >= 11 is 0. The van der Waals surface area contributed by atoms with Crippen LogP contribution < -0.4 is 0 Å². The third-order valence-electron chi connectivity index (χ3n) is 10.4. The fourth-order valence-electron chi connectivity index (χ4n) is 7.47. The molecule has 4 saturated carbocycles. The maximum Gasteiger partial charge on any atom is 0.310 e. The first-order valence-corrected chi connectivity index (χ1v) is 17.1. The molecule has 3 N–H and O–H groups in total. The van der Waals surface area contributed by atoms with Crippen molar-refractivity contribution in [3.8, 4) is 0 Å². The van der Waals surface area contributed by atoms with E-state index in [1.807, 2.05) is 0 Å². The summed E-state index contributed by atoms with van der Waals surface area (Å²) in [5, 5.41) is 40.2. The molecule has 4 rings (SSSR count).